The number of hydrogen-bond acceptors (Lipinski definition) is 4. The van der Waals surface area contributed by atoms with Gasteiger partial charge in [-0.2, -0.15) is 0 Å². The number of amides is 1. The van der Waals surface area contributed by atoms with E-state index in [9.17, 15) is 18.0 Å². The van der Waals surface area contributed by atoms with Gasteiger partial charge in [-0.3, -0.25) is 9.59 Å². The monoisotopic (exact) mass is 488 g/mol. The number of aromatic nitrogens is 1. The molecule has 6 nitrogen and oxygen atoms in total. The van der Waals surface area contributed by atoms with Crippen LogP contribution in [-0.4, -0.2) is 30.4 Å². The minimum atomic E-state index is -3.25. The molecule has 180 valence electrons. The minimum Gasteiger partial charge on any atom is -0.348 e. The van der Waals surface area contributed by atoms with Crippen LogP contribution in [0.3, 0.4) is 0 Å². The first kappa shape index (κ1) is 24.4. The third kappa shape index (κ3) is 5.05. The molecule has 0 saturated heterocycles. The number of ketones is 1. The van der Waals surface area contributed by atoms with Gasteiger partial charge < -0.3 is 9.88 Å². The van der Waals surface area contributed by atoms with Crippen LogP contribution in [0.5, 0.6) is 0 Å². The van der Waals surface area contributed by atoms with Crippen molar-refractivity contribution in [3.63, 3.8) is 0 Å². The standard InChI is InChI=1S/C28H28N2O4S/c1-4-30-25-15-12-22(16-23(25)17-26(30)27(31)21-10-6-19(3)7-11-21)28(32)29-18-20-8-13-24(14-9-20)35(33,34)5-2/h6-17H,4-5,18H2,1-3H3,(H,29,32). The second-order valence-corrected chi connectivity index (χ2v) is 10.8. The van der Waals surface area contributed by atoms with Crippen molar-refractivity contribution in [2.45, 2.75) is 38.8 Å². The van der Waals surface area contributed by atoms with Gasteiger partial charge in [-0.1, -0.05) is 48.9 Å². The highest BCUT2D eigenvalue weighted by Crippen LogP contribution is 2.24. The average Bonchev–Trinajstić information content (AvgIpc) is 3.25. The second-order valence-electron chi connectivity index (χ2n) is 8.47. The first-order chi connectivity index (χ1) is 16.7. The van der Waals surface area contributed by atoms with Crippen LogP contribution < -0.4 is 5.32 Å². The molecule has 0 saturated carbocycles. The molecule has 0 spiro atoms. The molecule has 35 heavy (non-hydrogen) atoms. The zero-order valence-corrected chi connectivity index (χ0v) is 20.9. The van der Waals surface area contributed by atoms with E-state index < -0.39 is 9.84 Å². The topological polar surface area (TPSA) is 85.2 Å². The number of aryl methyl sites for hydroxylation is 2. The number of sulfone groups is 1. The quantitative estimate of drug-likeness (QED) is 0.357. The van der Waals surface area contributed by atoms with Gasteiger partial charge in [0.05, 0.1) is 16.3 Å². The normalized spacial score (nSPS) is 11.5. The van der Waals surface area contributed by atoms with Crippen LogP contribution >= 0.6 is 0 Å². The summed E-state index contributed by atoms with van der Waals surface area (Å²) < 4.78 is 25.9. The van der Waals surface area contributed by atoms with Crippen LogP contribution in [0.25, 0.3) is 10.9 Å². The summed E-state index contributed by atoms with van der Waals surface area (Å²) >= 11 is 0. The molecule has 0 atom stereocenters. The number of carbonyl (C=O) groups is 2. The van der Waals surface area contributed by atoms with Crippen LogP contribution in [0.15, 0.2) is 77.7 Å². The molecule has 0 radical (unpaired) electrons. The summed E-state index contributed by atoms with van der Waals surface area (Å²) in [5.41, 5.74) is 4.50. The van der Waals surface area contributed by atoms with E-state index in [4.69, 9.17) is 0 Å². The van der Waals surface area contributed by atoms with Crippen molar-refractivity contribution < 1.29 is 18.0 Å². The summed E-state index contributed by atoms with van der Waals surface area (Å²) in [5.74, 6) is -0.251. The maximum Gasteiger partial charge on any atom is 0.251 e. The number of hydrogen-bond donors (Lipinski definition) is 1. The number of benzene rings is 3. The van der Waals surface area contributed by atoms with E-state index in [2.05, 4.69) is 5.32 Å². The van der Waals surface area contributed by atoms with E-state index in [0.29, 0.717) is 23.4 Å². The number of nitrogens with zero attached hydrogens (tertiary/aromatic N) is 1. The van der Waals surface area contributed by atoms with Gasteiger partial charge in [0.25, 0.3) is 5.91 Å². The molecule has 0 unspecified atom stereocenters. The van der Waals surface area contributed by atoms with E-state index in [1.165, 1.54) is 0 Å². The van der Waals surface area contributed by atoms with Crippen molar-refractivity contribution in [1.82, 2.24) is 9.88 Å². The minimum absolute atomic E-state index is 0.0453. The molecule has 0 aliphatic heterocycles. The summed E-state index contributed by atoms with van der Waals surface area (Å²) in [6.45, 7) is 6.48. The molecule has 0 fully saturated rings. The predicted molar refractivity (Wildman–Crippen MR) is 138 cm³/mol. The van der Waals surface area contributed by atoms with E-state index in [0.717, 1.165) is 22.0 Å². The second kappa shape index (κ2) is 9.88. The van der Waals surface area contributed by atoms with E-state index in [1.807, 2.05) is 54.8 Å². The lowest BCUT2D eigenvalue weighted by atomic mass is 10.1. The van der Waals surface area contributed by atoms with Crippen LogP contribution in [0, 0.1) is 6.92 Å². The van der Waals surface area contributed by atoms with Gasteiger partial charge in [0.15, 0.2) is 9.84 Å². The van der Waals surface area contributed by atoms with Crippen LogP contribution in [0.1, 0.15) is 51.4 Å². The Bertz CT molecular complexity index is 1500. The summed E-state index contributed by atoms with van der Waals surface area (Å²) in [7, 11) is -3.25. The Labute approximate surface area is 205 Å². The third-order valence-electron chi connectivity index (χ3n) is 6.14. The Kier molecular flexibility index (Phi) is 6.89. The fourth-order valence-electron chi connectivity index (χ4n) is 4.06. The van der Waals surface area contributed by atoms with Gasteiger partial charge in [0.1, 0.15) is 0 Å². The van der Waals surface area contributed by atoms with Crippen LogP contribution in [-0.2, 0) is 22.9 Å². The van der Waals surface area contributed by atoms with E-state index in [-0.39, 0.29) is 28.9 Å². The highest BCUT2D eigenvalue weighted by Gasteiger charge is 2.18. The Morgan fingerprint density at radius 2 is 1.51 bits per heavy atom. The molecular formula is C28H28N2O4S. The average molecular weight is 489 g/mol. The molecule has 4 rings (SSSR count). The Balaban J connectivity index is 1.53. The highest BCUT2D eigenvalue weighted by atomic mass is 32.2. The van der Waals surface area contributed by atoms with Crippen molar-refractivity contribution >= 4 is 32.4 Å². The van der Waals surface area contributed by atoms with Crippen LogP contribution in [0.4, 0.5) is 0 Å². The number of rotatable bonds is 8. The first-order valence-electron chi connectivity index (χ1n) is 11.6. The smallest absolute Gasteiger partial charge is 0.251 e. The largest absolute Gasteiger partial charge is 0.348 e. The molecule has 1 N–H and O–H groups in total. The van der Waals surface area contributed by atoms with E-state index in [1.54, 1.807) is 43.3 Å². The zero-order valence-electron chi connectivity index (χ0n) is 20.0. The molecule has 0 aliphatic carbocycles. The van der Waals surface area contributed by atoms with Gasteiger partial charge in [-0.25, -0.2) is 8.42 Å². The lowest BCUT2D eigenvalue weighted by Gasteiger charge is -2.09. The van der Waals surface area contributed by atoms with Gasteiger partial charge in [-0.05, 0) is 55.8 Å². The predicted octanol–water partition coefficient (Wildman–Crippen LogP) is 4.92. The molecule has 1 heterocycles. The van der Waals surface area contributed by atoms with Gasteiger partial charge >= 0.3 is 0 Å². The van der Waals surface area contributed by atoms with Crippen molar-refractivity contribution in [2.75, 3.05) is 5.75 Å². The van der Waals surface area contributed by atoms with Crippen molar-refractivity contribution in [3.8, 4) is 0 Å². The number of carbonyl (C=O) groups excluding carboxylic acids is 2. The molecule has 3 aromatic carbocycles. The maximum atomic E-state index is 13.2. The molecule has 0 bridgehead atoms. The summed E-state index contributed by atoms with van der Waals surface area (Å²) in [4.78, 5) is 26.2. The van der Waals surface area contributed by atoms with Gasteiger partial charge in [0, 0.05) is 35.1 Å². The van der Waals surface area contributed by atoms with Gasteiger partial charge in [-0.15, -0.1) is 0 Å². The molecule has 7 heteroatoms. The number of fused-ring (bicyclic) bond motifs is 1. The number of nitrogens with one attached hydrogen (secondary N) is 1. The maximum absolute atomic E-state index is 13.2. The molecule has 0 aliphatic rings. The molecular weight excluding hydrogens is 460 g/mol. The van der Waals surface area contributed by atoms with Crippen molar-refractivity contribution in [1.29, 1.82) is 0 Å². The fraction of sp³-hybridized carbons (Fsp3) is 0.214. The molecule has 1 amide bonds. The summed E-state index contributed by atoms with van der Waals surface area (Å²) in [5, 5.41) is 3.70. The van der Waals surface area contributed by atoms with Crippen molar-refractivity contribution in [2.24, 2.45) is 0 Å². The Hall–Kier alpha value is -3.71. The zero-order chi connectivity index (χ0) is 25.2. The SMILES string of the molecule is CCn1c(C(=O)c2ccc(C)cc2)cc2cc(C(=O)NCc3ccc(S(=O)(=O)CC)cc3)ccc21. The fourth-order valence-corrected chi connectivity index (χ4v) is 4.94. The molecule has 1 aromatic heterocycles. The first-order valence-corrected chi connectivity index (χ1v) is 13.2. The third-order valence-corrected chi connectivity index (χ3v) is 7.89. The highest BCUT2D eigenvalue weighted by molar-refractivity contribution is 7.91. The summed E-state index contributed by atoms with van der Waals surface area (Å²) in [6, 6.07) is 21.3. The Morgan fingerprint density at radius 3 is 2.14 bits per heavy atom. The van der Waals surface area contributed by atoms with Gasteiger partial charge in [0.2, 0.25) is 5.78 Å². The molecule has 4 aromatic rings. The lowest BCUT2D eigenvalue weighted by Crippen LogP contribution is -2.22. The van der Waals surface area contributed by atoms with E-state index >= 15 is 0 Å². The lowest BCUT2D eigenvalue weighted by molar-refractivity contribution is 0.0950. The van der Waals surface area contributed by atoms with Crippen molar-refractivity contribution in [3.05, 3.63) is 101 Å². The summed E-state index contributed by atoms with van der Waals surface area (Å²) in [6.07, 6.45) is 0. The Morgan fingerprint density at radius 1 is 0.857 bits per heavy atom. The van der Waals surface area contributed by atoms with Crippen LogP contribution in [0.2, 0.25) is 0 Å².